The Hall–Kier alpha value is -1.28. The third-order valence-corrected chi connectivity index (χ3v) is 4.10. The number of nitrogens with one attached hydrogen (secondary N) is 1. The molecule has 0 aliphatic heterocycles. The Morgan fingerprint density at radius 3 is 2.50 bits per heavy atom. The van der Waals surface area contributed by atoms with Crippen LogP contribution in [0.15, 0.2) is 35.9 Å². The highest BCUT2D eigenvalue weighted by molar-refractivity contribution is 5.47. The van der Waals surface area contributed by atoms with Gasteiger partial charge in [-0.15, -0.1) is 0 Å². The lowest BCUT2D eigenvalue weighted by molar-refractivity contribution is 0.589. The molecule has 0 heterocycles. The van der Waals surface area contributed by atoms with E-state index in [2.05, 4.69) is 61.6 Å². The third kappa shape index (κ3) is 3.86. The zero-order chi connectivity index (χ0) is 14.4. The summed E-state index contributed by atoms with van der Waals surface area (Å²) >= 11 is 0. The van der Waals surface area contributed by atoms with Crippen LogP contribution in [0.2, 0.25) is 0 Å². The topological polar surface area (TPSA) is 15.3 Å². The maximum absolute atomic E-state index is 3.66. The summed E-state index contributed by atoms with van der Waals surface area (Å²) in [5, 5.41) is 3.66. The first kappa shape index (κ1) is 15.1. The van der Waals surface area contributed by atoms with Crippen LogP contribution in [0.4, 0.5) is 5.69 Å². The molecule has 1 aliphatic carbocycles. The molecule has 1 N–H and O–H groups in total. The molecule has 0 saturated heterocycles. The molecule has 2 heteroatoms. The molecule has 2 nitrogen and oxygen atoms in total. The molecule has 110 valence electrons. The van der Waals surface area contributed by atoms with Gasteiger partial charge in [0.05, 0.1) is 6.04 Å². The van der Waals surface area contributed by atoms with Gasteiger partial charge in [-0.1, -0.05) is 37.1 Å². The Kier molecular flexibility index (Phi) is 5.66. The van der Waals surface area contributed by atoms with Crippen LogP contribution in [0.5, 0.6) is 0 Å². The molecule has 1 atom stereocenters. The summed E-state index contributed by atoms with van der Waals surface area (Å²) in [5.74, 6) is 0. The predicted octanol–water partition coefficient (Wildman–Crippen LogP) is 4.29. The van der Waals surface area contributed by atoms with Crippen molar-refractivity contribution in [2.24, 2.45) is 0 Å². The second-order valence-corrected chi connectivity index (χ2v) is 5.86. The van der Waals surface area contributed by atoms with Crippen LogP contribution in [0.25, 0.3) is 0 Å². The van der Waals surface area contributed by atoms with Gasteiger partial charge in [-0.3, -0.25) is 0 Å². The van der Waals surface area contributed by atoms with Crippen molar-refractivity contribution in [1.82, 2.24) is 5.32 Å². The highest BCUT2D eigenvalue weighted by Crippen LogP contribution is 2.30. The summed E-state index contributed by atoms with van der Waals surface area (Å²) in [6.07, 6.45) is 9.02. The number of benzene rings is 1. The van der Waals surface area contributed by atoms with Gasteiger partial charge in [0.2, 0.25) is 0 Å². The fraction of sp³-hybridized carbons (Fsp3) is 0.556. The van der Waals surface area contributed by atoms with Gasteiger partial charge < -0.3 is 10.2 Å². The van der Waals surface area contributed by atoms with Crippen LogP contribution in [0, 0.1) is 0 Å². The standard InChI is InChI=1S/C18H28N2/c1-4-19-18(15-9-7-5-6-8-10-15)16-11-13-17(14-12-16)20(2)3/h9,11-14,18-19H,4-8,10H2,1-3H3. The van der Waals surface area contributed by atoms with Crippen molar-refractivity contribution >= 4 is 5.69 Å². The van der Waals surface area contributed by atoms with E-state index in [-0.39, 0.29) is 0 Å². The van der Waals surface area contributed by atoms with Crippen molar-refractivity contribution in [2.45, 2.75) is 45.1 Å². The van der Waals surface area contributed by atoms with Crippen LogP contribution in [0.1, 0.15) is 50.6 Å². The molecular formula is C18H28N2. The van der Waals surface area contributed by atoms with Crippen molar-refractivity contribution in [1.29, 1.82) is 0 Å². The highest BCUT2D eigenvalue weighted by Gasteiger charge is 2.16. The van der Waals surface area contributed by atoms with E-state index in [1.54, 1.807) is 5.57 Å². The molecule has 20 heavy (non-hydrogen) atoms. The molecule has 1 aromatic rings. The Balaban J connectivity index is 2.20. The lowest BCUT2D eigenvalue weighted by Gasteiger charge is -2.23. The molecule has 0 radical (unpaired) electrons. The van der Waals surface area contributed by atoms with E-state index < -0.39 is 0 Å². The van der Waals surface area contributed by atoms with E-state index in [0.29, 0.717) is 6.04 Å². The SMILES string of the molecule is CCNC(C1=CCCCCC1)c1ccc(N(C)C)cc1. The van der Waals surface area contributed by atoms with Crippen molar-refractivity contribution in [3.05, 3.63) is 41.5 Å². The summed E-state index contributed by atoms with van der Waals surface area (Å²) in [6, 6.07) is 9.38. The number of nitrogens with zero attached hydrogens (tertiary/aromatic N) is 1. The number of hydrogen-bond donors (Lipinski definition) is 1. The summed E-state index contributed by atoms with van der Waals surface area (Å²) in [6.45, 7) is 3.20. The van der Waals surface area contributed by atoms with Gasteiger partial charge in [-0.05, 0) is 49.9 Å². The molecule has 1 aromatic carbocycles. The van der Waals surface area contributed by atoms with Gasteiger partial charge in [0.1, 0.15) is 0 Å². The molecule has 0 amide bonds. The summed E-state index contributed by atoms with van der Waals surface area (Å²) in [7, 11) is 4.18. The lowest BCUT2D eigenvalue weighted by Crippen LogP contribution is -2.23. The number of allylic oxidation sites excluding steroid dienone is 1. The average Bonchev–Trinajstić information content (AvgIpc) is 2.74. The first-order chi connectivity index (χ1) is 9.72. The molecule has 1 unspecified atom stereocenters. The van der Waals surface area contributed by atoms with Crippen molar-refractivity contribution in [3.63, 3.8) is 0 Å². The van der Waals surface area contributed by atoms with Crippen LogP contribution in [-0.2, 0) is 0 Å². The van der Waals surface area contributed by atoms with Crippen molar-refractivity contribution in [2.75, 3.05) is 25.5 Å². The van der Waals surface area contributed by atoms with Crippen LogP contribution in [-0.4, -0.2) is 20.6 Å². The second kappa shape index (κ2) is 7.49. The minimum absolute atomic E-state index is 0.398. The Labute approximate surface area is 123 Å². The van der Waals surface area contributed by atoms with Crippen LogP contribution in [0.3, 0.4) is 0 Å². The van der Waals surface area contributed by atoms with Gasteiger partial charge in [0.25, 0.3) is 0 Å². The van der Waals surface area contributed by atoms with E-state index in [4.69, 9.17) is 0 Å². The number of anilines is 1. The van der Waals surface area contributed by atoms with Gasteiger partial charge in [-0.25, -0.2) is 0 Å². The lowest BCUT2D eigenvalue weighted by atomic mass is 9.95. The van der Waals surface area contributed by atoms with Crippen molar-refractivity contribution < 1.29 is 0 Å². The van der Waals surface area contributed by atoms with E-state index in [1.165, 1.54) is 43.4 Å². The van der Waals surface area contributed by atoms with E-state index in [1.807, 2.05) is 0 Å². The van der Waals surface area contributed by atoms with Crippen molar-refractivity contribution in [3.8, 4) is 0 Å². The zero-order valence-corrected chi connectivity index (χ0v) is 13.2. The molecule has 0 bridgehead atoms. The molecule has 0 spiro atoms. The molecule has 0 saturated carbocycles. The summed E-state index contributed by atoms with van der Waals surface area (Å²) in [5.41, 5.74) is 4.24. The van der Waals surface area contributed by atoms with Gasteiger partial charge >= 0.3 is 0 Å². The number of likely N-dealkylation sites (N-methyl/N-ethyl adjacent to an activating group) is 1. The van der Waals surface area contributed by atoms with Gasteiger partial charge in [-0.2, -0.15) is 0 Å². The van der Waals surface area contributed by atoms with Crippen LogP contribution < -0.4 is 10.2 Å². The maximum Gasteiger partial charge on any atom is 0.0535 e. The first-order valence-corrected chi connectivity index (χ1v) is 7.92. The Morgan fingerprint density at radius 2 is 1.85 bits per heavy atom. The van der Waals surface area contributed by atoms with Crippen LogP contribution >= 0.6 is 0 Å². The summed E-state index contributed by atoms with van der Waals surface area (Å²) < 4.78 is 0. The van der Waals surface area contributed by atoms with E-state index >= 15 is 0 Å². The number of rotatable bonds is 5. The zero-order valence-electron chi connectivity index (χ0n) is 13.2. The minimum Gasteiger partial charge on any atom is -0.378 e. The second-order valence-electron chi connectivity index (χ2n) is 5.86. The predicted molar refractivity (Wildman–Crippen MR) is 88.4 cm³/mol. The maximum atomic E-state index is 3.66. The number of hydrogen-bond acceptors (Lipinski definition) is 2. The Bertz CT molecular complexity index is 431. The highest BCUT2D eigenvalue weighted by atomic mass is 15.1. The Morgan fingerprint density at radius 1 is 1.10 bits per heavy atom. The molecular weight excluding hydrogens is 244 g/mol. The molecule has 1 aliphatic rings. The largest absolute Gasteiger partial charge is 0.378 e. The molecule has 0 aromatic heterocycles. The smallest absolute Gasteiger partial charge is 0.0535 e. The minimum atomic E-state index is 0.398. The first-order valence-electron chi connectivity index (χ1n) is 7.92. The average molecular weight is 272 g/mol. The van der Waals surface area contributed by atoms with Gasteiger partial charge in [0, 0.05) is 19.8 Å². The normalized spacial score (nSPS) is 17.2. The molecule has 0 fully saturated rings. The van der Waals surface area contributed by atoms with E-state index in [9.17, 15) is 0 Å². The quantitative estimate of drug-likeness (QED) is 0.804. The third-order valence-electron chi connectivity index (χ3n) is 4.10. The van der Waals surface area contributed by atoms with E-state index in [0.717, 1.165) is 6.54 Å². The fourth-order valence-corrected chi connectivity index (χ4v) is 2.93. The monoisotopic (exact) mass is 272 g/mol. The summed E-state index contributed by atoms with van der Waals surface area (Å²) in [4.78, 5) is 2.15. The fourth-order valence-electron chi connectivity index (χ4n) is 2.93. The molecule has 2 rings (SSSR count). The van der Waals surface area contributed by atoms with Gasteiger partial charge in [0.15, 0.2) is 0 Å².